The van der Waals surface area contributed by atoms with Gasteiger partial charge in [0.25, 0.3) is 0 Å². The zero-order chi connectivity index (χ0) is 17.6. The molecular formula is C18H19N5O2S. The minimum Gasteiger partial charge on any atom is -0.486 e. The number of para-hydroxylation sites is 1. The van der Waals surface area contributed by atoms with Crippen molar-refractivity contribution in [3.05, 3.63) is 54.1 Å². The molecule has 7 nitrogen and oxygen atoms in total. The van der Waals surface area contributed by atoms with Crippen LogP contribution in [0.15, 0.2) is 53.7 Å². The van der Waals surface area contributed by atoms with Crippen LogP contribution < -0.4 is 14.8 Å². The van der Waals surface area contributed by atoms with Crippen molar-refractivity contribution in [2.24, 2.45) is 0 Å². The second-order valence-electron chi connectivity index (χ2n) is 5.71. The number of benzene rings is 2. The molecule has 1 N–H and O–H groups in total. The van der Waals surface area contributed by atoms with Crippen LogP contribution in [0.3, 0.4) is 0 Å². The number of hydrogen-bond acceptors (Lipinski definition) is 7. The molecule has 0 saturated carbocycles. The molecule has 2 aromatic carbocycles. The van der Waals surface area contributed by atoms with E-state index in [0.29, 0.717) is 13.2 Å². The summed E-state index contributed by atoms with van der Waals surface area (Å²) < 4.78 is 12.9. The third kappa shape index (κ3) is 3.97. The number of thioether (sulfide) groups is 1. The fraction of sp³-hybridized carbons (Fsp3) is 0.278. The van der Waals surface area contributed by atoms with Gasteiger partial charge < -0.3 is 14.8 Å². The van der Waals surface area contributed by atoms with Gasteiger partial charge in [-0.2, -0.15) is 4.68 Å². The van der Waals surface area contributed by atoms with E-state index in [-0.39, 0.29) is 0 Å². The average Bonchev–Trinajstić information content (AvgIpc) is 3.17. The van der Waals surface area contributed by atoms with Crippen molar-refractivity contribution in [2.75, 3.05) is 25.5 Å². The lowest BCUT2D eigenvalue weighted by Gasteiger charge is -2.18. The van der Waals surface area contributed by atoms with Gasteiger partial charge in [-0.1, -0.05) is 36.0 Å². The van der Waals surface area contributed by atoms with Crippen LogP contribution in [-0.2, 0) is 6.54 Å². The van der Waals surface area contributed by atoms with Crippen molar-refractivity contribution in [1.82, 2.24) is 25.5 Å². The normalized spacial score (nSPS) is 12.9. The molecule has 0 bridgehead atoms. The van der Waals surface area contributed by atoms with Crippen molar-refractivity contribution in [2.45, 2.75) is 11.7 Å². The van der Waals surface area contributed by atoms with Crippen LogP contribution in [0, 0.1) is 0 Å². The second-order valence-corrected chi connectivity index (χ2v) is 6.77. The Labute approximate surface area is 155 Å². The van der Waals surface area contributed by atoms with Gasteiger partial charge in [0, 0.05) is 18.8 Å². The van der Waals surface area contributed by atoms with Gasteiger partial charge in [-0.25, -0.2) is 0 Å². The largest absolute Gasteiger partial charge is 0.486 e. The van der Waals surface area contributed by atoms with Crippen molar-refractivity contribution in [3.8, 4) is 17.2 Å². The van der Waals surface area contributed by atoms with Gasteiger partial charge in [-0.3, -0.25) is 0 Å². The highest BCUT2D eigenvalue weighted by atomic mass is 32.2. The molecule has 134 valence electrons. The summed E-state index contributed by atoms with van der Waals surface area (Å²) in [6.45, 7) is 2.85. The number of rotatable bonds is 7. The zero-order valence-corrected chi connectivity index (χ0v) is 15.0. The number of nitrogens with one attached hydrogen (secondary N) is 1. The van der Waals surface area contributed by atoms with Gasteiger partial charge in [0.15, 0.2) is 11.5 Å². The fourth-order valence-corrected chi connectivity index (χ4v) is 3.43. The SMILES string of the molecule is c1ccc(-n2nnnc2SCCNCc2ccc3c(c2)OCCO3)cc1. The highest BCUT2D eigenvalue weighted by Gasteiger charge is 2.11. The van der Waals surface area contributed by atoms with Crippen LogP contribution >= 0.6 is 11.8 Å². The van der Waals surface area contributed by atoms with E-state index < -0.39 is 0 Å². The Morgan fingerprint density at radius 3 is 2.77 bits per heavy atom. The first-order chi connectivity index (χ1) is 12.9. The maximum Gasteiger partial charge on any atom is 0.214 e. The fourth-order valence-electron chi connectivity index (χ4n) is 2.65. The topological polar surface area (TPSA) is 74.1 Å². The molecule has 3 aromatic rings. The standard InChI is InChI=1S/C18H19N5O2S/c1-2-4-15(5-3-1)23-18(20-21-22-23)26-11-8-19-13-14-6-7-16-17(12-14)25-10-9-24-16/h1-7,12,19H,8-11,13H2. The highest BCUT2D eigenvalue weighted by Crippen LogP contribution is 2.30. The van der Waals surface area contributed by atoms with Crippen LogP contribution in [0.5, 0.6) is 11.5 Å². The van der Waals surface area contributed by atoms with Crippen molar-refractivity contribution < 1.29 is 9.47 Å². The van der Waals surface area contributed by atoms with Crippen LogP contribution in [0.4, 0.5) is 0 Å². The summed E-state index contributed by atoms with van der Waals surface area (Å²) in [4.78, 5) is 0. The number of ether oxygens (including phenoxy) is 2. The Hall–Kier alpha value is -2.58. The molecule has 0 fully saturated rings. The first kappa shape index (κ1) is 16.9. The summed E-state index contributed by atoms with van der Waals surface area (Å²) in [5.41, 5.74) is 2.14. The predicted molar refractivity (Wildman–Crippen MR) is 99.0 cm³/mol. The molecule has 0 aliphatic carbocycles. The number of fused-ring (bicyclic) bond motifs is 1. The Bertz CT molecular complexity index is 856. The highest BCUT2D eigenvalue weighted by molar-refractivity contribution is 7.99. The van der Waals surface area contributed by atoms with E-state index in [9.17, 15) is 0 Å². The van der Waals surface area contributed by atoms with Gasteiger partial charge in [0.1, 0.15) is 13.2 Å². The summed E-state index contributed by atoms with van der Waals surface area (Å²) in [5.74, 6) is 2.52. The number of tetrazole rings is 1. The summed E-state index contributed by atoms with van der Waals surface area (Å²) in [6.07, 6.45) is 0. The quantitative estimate of drug-likeness (QED) is 0.506. The molecule has 26 heavy (non-hydrogen) atoms. The Morgan fingerprint density at radius 2 is 1.88 bits per heavy atom. The molecule has 8 heteroatoms. The number of aromatic nitrogens is 4. The Morgan fingerprint density at radius 1 is 1.04 bits per heavy atom. The number of nitrogens with zero attached hydrogens (tertiary/aromatic N) is 4. The predicted octanol–water partition coefficient (Wildman–Crippen LogP) is 2.32. The minimum atomic E-state index is 0.608. The summed E-state index contributed by atoms with van der Waals surface area (Å²) in [7, 11) is 0. The van der Waals surface area contributed by atoms with Crippen molar-refractivity contribution >= 4 is 11.8 Å². The van der Waals surface area contributed by atoms with E-state index in [0.717, 1.165) is 41.2 Å². The molecule has 4 rings (SSSR count). The van der Waals surface area contributed by atoms with Gasteiger partial charge in [0.05, 0.1) is 5.69 Å². The monoisotopic (exact) mass is 369 g/mol. The van der Waals surface area contributed by atoms with E-state index in [1.807, 2.05) is 42.5 Å². The van der Waals surface area contributed by atoms with Gasteiger partial charge in [-0.05, 0) is 40.3 Å². The first-order valence-corrected chi connectivity index (χ1v) is 9.44. The Kier molecular flexibility index (Phi) is 5.32. The van der Waals surface area contributed by atoms with Crippen LogP contribution in [-0.4, -0.2) is 45.7 Å². The second kappa shape index (κ2) is 8.20. The van der Waals surface area contributed by atoms with E-state index in [2.05, 4.69) is 26.9 Å². The lowest BCUT2D eigenvalue weighted by Crippen LogP contribution is -2.18. The van der Waals surface area contributed by atoms with Gasteiger partial charge in [0.2, 0.25) is 5.16 Å². The summed E-state index contributed by atoms with van der Waals surface area (Å²) >= 11 is 1.63. The van der Waals surface area contributed by atoms with Crippen LogP contribution in [0.1, 0.15) is 5.56 Å². The molecule has 1 aliphatic heterocycles. The van der Waals surface area contributed by atoms with Gasteiger partial charge in [-0.15, -0.1) is 5.10 Å². The molecule has 2 heterocycles. The minimum absolute atomic E-state index is 0.608. The first-order valence-electron chi connectivity index (χ1n) is 8.46. The average molecular weight is 369 g/mol. The molecule has 0 amide bonds. The molecule has 0 atom stereocenters. The van der Waals surface area contributed by atoms with E-state index in [1.54, 1.807) is 16.4 Å². The third-order valence-corrected chi connectivity index (χ3v) is 4.81. The summed E-state index contributed by atoms with van der Waals surface area (Å²) in [5, 5.41) is 16.2. The maximum absolute atomic E-state index is 5.61. The zero-order valence-electron chi connectivity index (χ0n) is 14.2. The lowest BCUT2D eigenvalue weighted by atomic mass is 10.2. The molecular weight excluding hydrogens is 350 g/mol. The van der Waals surface area contributed by atoms with Crippen molar-refractivity contribution in [3.63, 3.8) is 0 Å². The van der Waals surface area contributed by atoms with E-state index in [1.165, 1.54) is 5.56 Å². The van der Waals surface area contributed by atoms with E-state index >= 15 is 0 Å². The molecule has 0 saturated heterocycles. The molecule has 0 radical (unpaired) electrons. The van der Waals surface area contributed by atoms with Gasteiger partial charge >= 0.3 is 0 Å². The maximum atomic E-state index is 5.61. The van der Waals surface area contributed by atoms with Crippen LogP contribution in [0.25, 0.3) is 5.69 Å². The summed E-state index contributed by atoms with van der Waals surface area (Å²) in [6, 6.07) is 16.0. The van der Waals surface area contributed by atoms with Crippen LogP contribution in [0.2, 0.25) is 0 Å². The molecule has 0 spiro atoms. The van der Waals surface area contributed by atoms with E-state index in [4.69, 9.17) is 9.47 Å². The molecule has 1 aliphatic rings. The Balaban J connectivity index is 1.26. The third-order valence-electron chi connectivity index (χ3n) is 3.89. The molecule has 0 unspecified atom stereocenters. The molecule has 1 aromatic heterocycles. The number of hydrogen-bond donors (Lipinski definition) is 1. The van der Waals surface area contributed by atoms with Crippen molar-refractivity contribution in [1.29, 1.82) is 0 Å². The lowest BCUT2D eigenvalue weighted by molar-refractivity contribution is 0.171. The smallest absolute Gasteiger partial charge is 0.214 e.